The summed E-state index contributed by atoms with van der Waals surface area (Å²) >= 11 is 0. The Morgan fingerprint density at radius 3 is 1.38 bits per heavy atom. The van der Waals surface area contributed by atoms with E-state index in [2.05, 4.69) is 254 Å². The number of benzene rings is 12. The van der Waals surface area contributed by atoms with Crippen LogP contribution in [0.1, 0.15) is 0 Å². The Bertz CT molecular complexity index is 3960. The van der Waals surface area contributed by atoms with Crippen molar-refractivity contribution in [2.24, 2.45) is 0 Å². The van der Waals surface area contributed by atoms with E-state index in [4.69, 9.17) is 4.42 Å². The lowest BCUT2D eigenvalue weighted by Gasteiger charge is -2.28. The second kappa shape index (κ2) is 15.5. The molecule has 0 amide bonds. The first-order valence-electron chi connectivity index (χ1n) is 22.7. The lowest BCUT2D eigenvalue weighted by Crippen LogP contribution is -2.10. The van der Waals surface area contributed by atoms with Gasteiger partial charge < -0.3 is 9.32 Å². The molecule has 0 radical (unpaired) electrons. The summed E-state index contributed by atoms with van der Waals surface area (Å²) in [7, 11) is 0. The van der Waals surface area contributed by atoms with Crippen LogP contribution < -0.4 is 4.90 Å². The van der Waals surface area contributed by atoms with Crippen LogP contribution in [0.25, 0.3) is 110 Å². The Morgan fingerprint density at radius 1 is 0.273 bits per heavy atom. The normalized spacial score (nSPS) is 11.6. The zero-order valence-corrected chi connectivity index (χ0v) is 36.0. The fourth-order valence-corrected chi connectivity index (χ4v) is 10.4. The molecule has 0 saturated carbocycles. The van der Waals surface area contributed by atoms with Crippen molar-refractivity contribution in [1.82, 2.24) is 0 Å². The summed E-state index contributed by atoms with van der Waals surface area (Å²) in [5, 5.41) is 12.1. The molecule has 0 aliphatic heterocycles. The first-order valence-corrected chi connectivity index (χ1v) is 22.7. The summed E-state index contributed by atoms with van der Waals surface area (Å²) < 4.78 is 6.54. The number of para-hydroxylation sites is 1. The molecule has 2 heteroatoms. The lowest BCUT2D eigenvalue weighted by atomic mass is 9.85. The van der Waals surface area contributed by atoms with Crippen molar-refractivity contribution in [2.75, 3.05) is 4.90 Å². The van der Waals surface area contributed by atoms with E-state index < -0.39 is 0 Å². The van der Waals surface area contributed by atoms with E-state index in [1.807, 2.05) is 0 Å². The number of nitrogens with zero attached hydrogens (tertiary/aromatic N) is 1. The maximum absolute atomic E-state index is 6.54. The van der Waals surface area contributed by atoms with E-state index in [0.717, 1.165) is 61.3 Å². The van der Waals surface area contributed by atoms with E-state index in [1.165, 1.54) is 65.3 Å². The highest BCUT2D eigenvalue weighted by molar-refractivity contribution is 6.22. The van der Waals surface area contributed by atoms with Gasteiger partial charge in [-0.15, -0.1) is 0 Å². The Labute approximate surface area is 382 Å². The average Bonchev–Trinajstić information content (AvgIpc) is 3.78. The van der Waals surface area contributed by atoms with Crippen molar-refractivity contribution in [2.45, 2.75) is 0 Å². The molecule has 1 heterocycles. The number of furan rings is 1. The summed E-state index contributed by atoms with van der Waals surface area (Å²) in [5.41, 5.74) is 14.5. The molecule has 0 N–H and O–H groups in total. The molecular weight excluding hydrogens is 799 g/mol. The molecule has 13 aromatic rings. The van der Waals surface area contributed by atoms with Gasteiger partial charge in [-0.2, -0.15) is 0 Å². The number of rotatable bonds is 7. The molecular formula is C64H41NO. The van der Waals surface area contributed by atoms with Gasteiger partial charge in [-0.1, -0.05) is 206 Å². The zero-order valence-electron chi connectivity index (χ0n) is 36.0. The van der Waals surface area contributed by atoms with Crippen molar-refractivity contribution in [1.29, 1.82) is 0 Å². The first-order chi connectivity index (χ1) is 32.7. The Hall–Kier alpha value is -8.72. The summed E-state index contributed by atoms with van der Waals surface area (Å²) in [5.74, 6) is 0. The van der Waals surface area contributed by atoms with Gasteiger partial charge in [0, 0.05) is 33.1 Å². The standard InChI is InChI=1S/C64H41NO/c1-3-16-43(17-4-1)51-28-15-29-58-59-40-46(34-39-61(59)66-64(51)58)42-30-35-48(36-31-42)65(60-41-47-20-7-8-21-50(47)52-22-9-12-25-55(52)60)49-37-32-45(33-38-49)63-57-27-14-11-24-54(57)53-23-10-13-26-56(53)62(63)44-18-5-2-6-19-44/h1-41H. The van der Waals surface area contributed by atoms with Crippen LogP contribution in [0.3, 0.4) is 0 Å². The van der Waals surface area contributed by atoms with Crippen molar-refractivity contribution >= 4 is 82.1 Å². The molecule has 0 atom stereocenters. The number of hydrogen-bond acceptors (Lipinski definition) is 2. The second-order valence-corrected chi connectivity index (χ2v) is 17.2. The summed E-state index contributed by atoms with van der Waals surface area (Å²) in [6.45, 7) is 0. The van der Waals surface area contributed by atoms with Crippen LogP contribution in [-0.2, 0) is 0 Å². The Kier molecular flexibility index (Phi) is 8.89. The highest BCUT2D eigenvalue weighted by Crippen LogP contribution is 2.47. The minimum Gasteiger partial charge on any atom is -0.455 e. The molecule has 308 valence electrons. The van der Waals surface area contributed by atoms with Crippen molar-refractivity contribution in [3.63, 3.8) is 0 Å². The van der Waals surface area contributed by atoms with E-state index in [1.54, 1.807) is 0 Å². The highest BCUT2D eigenvalue weighted by atomic mass is 16.3. The molecule has 0 saturated heterocycles. The quantitative estimate of drug-likeness (QED) is 0.149. The van der Waals surface area contributed by atoms with Gasteiger partial charge in [0.05, 0.1) is 5.69 Å². The molecule has 0 fully saturated rings. The predicted octanol–water partition coefficient (Wildman–Crippen LogP) is 18.3. The maximum atomic E-state index is 6.54. The maximum Gasteiger partial charge on any atom is 0.143 e. The predicted molar refractivity (Wildman–Crippen MR) is 280 cm³/mol. The Morgan fingerprint density at radius 2 is 0.742 bits per heavy atom. The fourth-order valence-electron chi connectivity index (χ4n) is 10.4. The van der Waals surface area contributed by atoms with Gasteiger partial charge >= 0.3 is 0 Å². The van der Waals surface area contributed by atoms with Gasteiger partial charge in [0.25, 0.3) is 0 Å². The van der Waals surface area contributed by atoms with Gasteiger partial charge in [-0.25, -0.2) is 0 Å². The molecule has 13 rings (SSSR count). The van der Waals surface area contributed by atoms with Gasteiger partial charge in [-0.3, -0.25) is 0 Å². The monoisotopic (exact) mass is 839 g/mol. The van der Waals surface area contributed by atoms with E-state index >= 15 is 0 Å². The summed E-state index contributed by atoms with van der Waals surface area (Å²) in [6.07, 6.45) is 0. The molecule has 0 aliphatic rings. The van der Waals surface area contributed by atoms with Gasteiger partial charge in [0.2, 0.25) is 0 Å². The number of fused-ring (bicyclic) bond motifs is 9. The smallest absolute Gasteiger partial charge is 0.143 e. The zero-order chi connectivity index (χ0) is 43.6. The number of hydrogen-bond donors (Lipinski definition) is 0. The van der Waals surface area contributed by atoms with Crippen molar-refractivity contribution in [3.8, 4) is 44.5 Å². The Balaban J connectivity index is 0.966. The molecule has 0 bridgehead atoms. The molecule has 1 aromatic heterocycles. The van der Waals surface area contributed by atoms with Gasteiger partial charge in [0.15, 0.2) is 0 Å². The molecule has 0 spiro atoms. The van der Waals surface area contributed by atoms with Crippen LogP contribution in [0.15, 0.2) is 253 Å². The number of anilines is 3. The van der Waals surface area contributed by atoms with Crippen LogP contribution in [0.4, 0.5) is 17.1 Å². The van der Waals surface area contributed by atoms with E-state index in [-0.39, 0.29) is 0 Å². The third-order valence-electron chi connectivity index (χ3n) is 13.4. The largest absolute Gasteiger partial charge is 0.455 e. The third-order valence-corrected chi connectivity index (χ3v) is 13.4. The fraction of sp³-hybridized carbons (Fsp3) is 0. The summed E-state index contributed by atoms with van der Waals surface area (Å²) in [4.78, 5) is 2.43. The molecule has 0 aliphatic carbocycles. The van der Waals surface area contributed by atoms with Crippen LogP contribution in [0.5, 0.6) is 0 Å². The first kappa shape index (κ1) is 37.8. The lowest BCUT2D eigenvalue weighted by molar-refractivity contribution is 0.670. The minimum atomic E-state index is 0.888. The van der Waals surface area contributed by atoms with E-state index in [0.29, 0.717) is 0 Å². The van der Waals surface area contributed by atoms with Crippen LogP contribution in [0.2, 0.25) is 0 Å². The highest BCUT2D eigenvalue weighted by Gasteiger charge is 2.21. The van der Waals surface area contributed by atoms with Crippen LogP contribution >= 0.6 is 0 Å². The summed E-state index contributed by atoms with van der Waals surface area (Å²) in [6, 6.07) is 90.2. The van der Waals surface area contributed by atoms with Gasteiger partial charge in [0.1, 0.15) is 11.2 Å². The van der Waals surface area contributed by atoms with Crippen molar-refractivity contribution in [3.05, 3.63) is 249 Å². The second-order valence-electron chi connectivity index (χ2n) is 17.2. The molecule has 0 unspecified atom stereocenters. The molecule has 12 aromatic carbocycles. The SMILES string of the molecule is c1ccc(-c2c(-c3ccc(N(c4ccc(-c5ccc6oc7c(-c8ccccc8)cccc7c6c5)cc4)c4cc5ccccc5c5ccccc45)cc3)c3ccccc3c3ccccc23)cc1. The average molecular weight is 840 g/mol. The topological polar surface area (TPSA) is 16.4 Å². The molecule has 2 nitrogen and oxygen atoms in total. The molecule has 66 heavy (non-hydrogen) atoms. The van der Waals surface area contributed by atoms with E-state index in [9.17, 15) is 0 Å². The minimum absolute atomic E-state index is 0.888. The van der Waals surface area contributed by atoms with Crippen LogP contribution in [0, 0.1) is 0 Å². The van der Waals surface area contributed by atoms with Crippen LogP contribution in [-0.4, -0.2) is 0 Å². The van der Waals surface area contributed by atoms with Crippen molar-refractivity contribution < 1.29 is 4.42 Å². The third kappa shape index (κ3) is 6.18. The van der Waals surface area contributed by atoms with Gasteiger partial charge in [-0.05, 0) is 119 Å².